The van der Waals surface area contributed by atoms with Crippen LogP contribution in [0.2, 0.25) is 0 Å². The first kappa shape index (κ1) is 14.1. The van der Waals surface area contributed by atoms with Crippen molar-refractivity contribution in [3.8, 4) is 0 Å². The molecule has 2 rings (SSSR count). The Balaban J connectivity index is 2.11. The van der Waals surface area contributed by atoms with Gasteiger partial charge in [0.15, 0.2) is 5.82 Å². The van der Waals surface area contributed by atoms with Crippen molar-refractivity contribution in [2.45, 2.75) is 45.7 Å². The smallest absolute Gasteiger partial charge is 0.293 e. The number of nitrogens with zero attached hydrogens (tertiary/aromatic N) is 3. The minimum absolute atomic E-state index is 0.0288. The third-order valence-electron chi connectivity index (χ3n) is 3.64. The predicted octanol–water partition coefficient (Wildman–Crippen LogP) is 1.23. The fourth-order valence-corrected chi connectivity index (χ4v) is 2.59. The highest BCUT2D eigenvalue weighted by molar-refractivity contribution is 5.36. The van der Waals surface area contributed by atoms with E-state index >= 15 is 0 Å². The van der Waals surface area contributed by atoms with Crippen LogP contribution in [0.1, 0.15) is 33.1 Å². The van der Waals surface area contributed by atoms with Crippen LogP contribution in [-0.4, -0.2) is 35.2 Å². The lowest BCUT2D eigenvalue weighted by molar-refractivity contribution is 0.420. The summed E-state index contributed by atoms with van der Waals surface area (Å²) >= 11 is 0. The summed E-state index contributed by atoms with van der Waals surface area (Å²) < 4.78 is 1.71. The van der Waals surface area contributed by atoms with Gasteiger partial charge in [-0.3, -0.25) is 4.79 Å². The van der Waals surface area contributed by atoms with Crippen LogP contribution in [0, 0.1) is 0 Å². The summed E-state index contributed by atoms with van der Waals surface area (Å²) in [4.78, 5) is 18.7. The van der Waals surface area contributed by atoms with E-state index in [9.17, 15) is 4.79 Å². The van der Waals surface area contributed by atoms with Gasteiger partial charge < -0.3 is 14.8 Å². The van der Waals surface area contributed by atoms with Crippen LogP contribution in [0.4, 0.5) is 5.82 Å². The fraction of sp³-hybridized carbons (Fsp3) is 0.714. The van der Waals surface area contributed by atoms with Crippen LogP contribution >= 0.6 is 0 Å². The molecule has 0 aromatic carbocycles. The summed E-state index contributed by atoms with van der Waals surface area (Å²) in [6.07, 6.45) is 6.92. The molecule has 1 aromatic rings. The monoisotopic (exact) mass is 264 g/mol. The molecule has 5 heteroatoms. The standard InChI is InChI=1S/C14H24N4O/c1-3-7-15-12-6-5-9-18(11-12)13-14(19)17(4-2)10-8-16-13/h8,10,12,15H,3-7,9,11H2,1-2H3. The molecule has 2 heterocycles. The first-order valence-electron chi connectivity index (χ1n) is 7.30. The molecule has 0 radical (unpaired) electrons. The Morgan fingerprint density at radius 1 is 1.47 bits per heavy atom. The van der Waals surface area contributed by atoms with Crippen molar-refractivity contribution in [1.29, 1.82) is 0 Å². The zero-order valence-electron chi connectivity index (χ0n) is 11.9. The average molecular weight is 264 g/mol. The number of nitrogens with one attached hydrogen (secondary N) is 1. The number of hydrogen-bond donors (Lipinski definition) is 1. The second-order valence-corrected chi connectivity index (χ2v) is 5.08. The summed E-state index contributed by atoms with van der Waals surface area (Å²) in [5.41, 5.74) is 0.0288. The number of rotatable bonds is 5. The third kappa shape index (κ3) is 3.35. The van der Waals surface area contributed by atoms with E-state index in [1.165, 1.54) is 6.42 Å². The minimum Gasteiger partial charge on any atom is -0.350 e. The molecule has 1 N–H and O–H groups in total. The molecule has 19 heavy (non-hydrogen) atoms. The van der Waals surface area contributed by atoms with Gasteiger partial charge in [0.05, 0.1) is 0 Å². The molecule has 106 valence electrons. The molecular formula is C14H24N4O. The van der Waals surface area contributed by atoms with Gasteiger partial charge in [0, 0.05) is 38.1 Å². The largest absolute Gasteiger partial charge is 0.350 e. The van der Waals surface area contributed by atoms with Crippen molar-refractivity contribution in [1.82, 2.24) is 14.9 Å². The van der Waals surface area contributed by atoms with Crippen LogP contribution in [0.3, 0.4) is 0 Å². The van der Waals surface area contributed by atoms with E-state index in [0.29, 0.717) is 18.4 Å². The van der Waals surface area contributed by atoms with Crippen molar-refractivity contribution in [3.05, 3.63) is 22.7 Å². The highest BCUT2D eigenvalue weighted by atomic mass is 16.1. The SMILES string of the molecule is CCCNC1CCCN(c2nccn(CC)c2=O)C1. The molecular weight excluding hydrogens is 240 g/mol. The van der Waals surface area contributed by atoms with Crippen molar-refractivity contribution in [2.24, 2.45) is 0 Å². The van der Waals surface area contributed by atoms with Crippen molar-refractivity contribution in [2.75, 3.05) is 24.5 Å². The van der Waals surface area contributed by atoms with Crippen LogP contribution in [0.15, 0.2) is 17.2 Å². The minimum atomic E-state index is 0.0288. The number of aryl methyl sites for hydroxylation is 1. The molecule has 0 amide bonds. The maximum atomic E-state index is 12.3. The van der Waals surface area contributed by atoms with Crippen molar-refractivity contribution < 1.29 is 0 Å². The van der Waals surface area contributed by atoms with Crippen molar-refractivity contribution >= 4 is 5.82 Å². The first-order valence-corrected chi connectivity index (χ1v) is 7.30. The van der Waals surface area contributed by atoms with Crippen LogP contribution in [-0.2, 0) is 6.54 Å². The number of aromatic nitrogens is 2. The molecule has 0 saturated carbocycles. The normalized spacial score (nSPS) is 19.7. The number of hydrogen-bond acceptors (Lipinski definition) is 4. The van der Waals surface area contributed by atoms with E-state index in [-0.39, 0.29) is 5.56 Å². The Morgan fingerprint density at radius 2 is 2.32 bits per heavy atom. The van der Waals surface area contributed by atoms with E-state index in [1.807, 2.05) is 6.92 Å². The maximum Gasteiger partial charge on any atom is 0.293 e. The van der Waals surface area contributed by atoms with E-state index in [1.54, 1.807) is 17.0 Å². The molecule has 1 aliphatic rings. The predicted molar refractivity (Wildman–Crippen MR) is 77.7 cm³/mol. The summed E-state index contributed by atoms with van der Waals surface area (Å²) in [6, 6.07) is 0.477. The summed E-state index contributed by atoms with van der Waals surface area (Å²) in [7, 11) is 0. The molecule has 0 aliphatic carbocycles. The maximum absolute atomic E-state index is 12.3. The zero-order chi connectivity index (χ0) is 13.7. The third-order valence-corrected chi connectivity index (χ3v) is 3.64. The lowest BCUT2D eigenvalue weighted by Crippen LogP contribution is -2.48. The molecule has 1 saturated heterocycles. The fourth-order valence-electron chi connectivity index (χ4n) is 2.59. The van der Waals surface area contributed by atoms with Crippen LogP contribution < -0.4 is 15.8 Å². The Kier molecular flexibility index (Phi) is 4.96. The molecule has 1 aromatic heterocycles. The summed E-state index contributed by atoms with van der Waals surface area (Å²) in [6.45, 7) is 7.70. The lowest BCUT2D eigenvalue weighted by atomic mass is 10.1. The summed E-state index contributed by atoms with van der Waals surface area (Å²) in [5, 5.41) is 3.54. The van der Waals surface area contributed by atoms with Crippen LogP contribution in [0.25, 0.3) is 0 Å². The van der Waals surface area contributed by atoms with Gasteiger partial charge >= 0.3 is 0 Å². The van der Waals surface area contributed by atoms with Gasteiger partial charge in [-0.25, -0.2) is 4.98 Å². The molecule has 0 bridgehead atoms. The molecule has 0 spiro atoms. The quantitative estimate of drug-likeness (QED) is 0.869. The molecule has 1 aliphatic heterocycles. The Hall–Kier alpha value is -1.36. The second-order valence-electron chi connectivity index (χ2n) is 5.08. The second kappa shape index (κ2) is 6.70. The summed E-state index contributed by atoms with van der Waals surface area (Å²) in [5.74, 6) is 0.604. The Bertz CT molecular complexity index is 457. The van der Waals surface area contributed by atoms with Gasteiger partial charge in [0.2, 0.25) is 0 Å². The van der Waals surface area contributed by atoms with Gasteiger partial charge in [-0.15, -0.1) is 0 Å². The van der Waals surface area contributed by atoms with E-state index in [2.05, 4.69) is 22.1 Å². The highest BCUT2D eigenvalue weighted by Crippen LogP contribution is 2.14. The van der Waals surface area contributed by atoms with Gasteiger partial charge in [0.25, 0.3) is 5.56 Å². The highest BCUT2D eigenvalue weighted by Gasteiger charge is 2.22. The van der Waals surface area contributed by atoms with Gasteiger partial charge in [-0.05, 0) is 32.7 Å². The van der Waals surface area contributed by atoms with E-state index < -0.39 is 0 Å². The molecule has 1 unspecified atom stereocenters. The molecule has 5 nitrogen and oxygen atoms in total. The van der Waals surface area contributed by atoms with Crippen molar-refractivity contribution in [3.63, 3.8) is 0 Å². The zero-order valence-corrected chi connectivity index (χ0v) is 11.9. The Labute approximate surface area is 114 Å². The number of anilines is 1. The van der Waals surface area contributed by atoms with Crippen LogP contribution in [0.5, 0.6) is 0 Å². The van der Waals surface area contributed by atoms with E-state index in [4.69, 9.17) is 0 Å². The first-order chi connectivity index (χ1) is 9.26. The van der Waals surface area contributed by atoms with Gasteiger partial charge in [-0.1, -0.05) is 6.92 Å². The topological polar surface area (TPSA) is 50.2 Å². The molecule has 1 fully saturated rings. The lowest BCUT2D eigenvalue weighted by Gasteiger charge is -2.33. The number of piperidine rings is 1. The van der Waals surface area contributed by atoms with Gasteiger partial charge in [0.1, 0.15) is 0 Å². The average Bonchev–Trinajstić information content (AvgIpc) is 2.45. The Morgan fingerprint density at radius 3 is 3.05 bits per heavy atom. The van der Waals surface area contributed by atoms with E-state index in [0.717, 1.165) is 32.5 Å². The van der Waals surface area contributed by atoms with Gasteiger partial charge in [-0.2, -0.15) is 0 Å². The molecule has 1 atom stereocenters.